The number of aromatic hydroxyl groups is 1. The van der Waals surface area contributed by atoms with Crippen LogP contribution >= 0.6 is 0 Å². The Bertz CT molecular complexity index is 3130. The molecule has 0 bridgehead atoms. The second-order valence-electron chi connectivity index (χ2n) is 14.1. The standard InChI is InChI=1S/C46H32N2O11/c1-22-4-9-29-37(16-22)58-38-19-25(48(2)3)7-12-30(38)41(29)33-17-23(5-11-28(33)45(54)55)43(51)47-21-35-36(50)15-14-32-40(31-13-8-26(49)20-39(31)59-42(32)35)27-10-6-24(44(52)53)18-34(27)46(56)57/h4-20,49H,1,21H2,2-3H3,(H,47,51)(H,52,53)(H,54,55)(H,56,57). The number of amides is 1. The number of hydrogen-bond acceptors (Lipinski definition) is 9. The molecule has 3 aliphatic rings. The summed E-state index contributed by atoms with van der Waals surface area (Å²) in [5, 5.41) is 44.9. The molecule has 2 heterocycles. The first kappa shape index (κ1) is 37.7. The van der Waals surface area contributed by atoms with E-state index in [2.05, 4.69) is 11.9 Å². The summed E-state index contributed by atoms with van der Waals surface area (Å²) in [7, 11) is 3.76. The zero-order valence-corrected chi connectivity index (χ0v) is 31.3. The van der Waals surface area contributed by atoms with Crippen molar-refractivity contribution >= 4 is 52.6 Å². The number of anilines is 1. The van der Waals surface area contributed by atoms with Crippen LogP contribution in [0.3, 0.4) is 0 Å². The number of rotatable bonds is 9. The van der Waals surface area contributed by atoms with E-state index in [9.17, 15) is 44.4 Å². The van der Waals surface area contributed by atoms with E-state index in [0.29, 0.717) is 38.5 Å². The number of carbonyl (C=O) groups is 4. The third-order valence-electron chi connectivity index (χ3n) is 10.2. The van der Waals surface area contributed by atoms with Gasteiger partial charge in [-0.25, -0.2) is 14.4 Å². The number of aromatic carboxylic acids is 3. The Balaban J connectivity index is 1.23. The van der Waals surface area contributed by atoms with Crippen LogP contribution in [0.2, 0.25) is 0 Å². The molecule has 8 rings (SSSR count). The fourth-order valence-electron chi connectivity index (χ4n) is 7.35. The van der Waals surface area contributed by atoms with Crippen molar-refractivity contribution < 1.29 is 48.8 Å². The molecule has 59 heavy (non-hydrogen) atoms. The van der Waals surface area contributed by atoms with Gasteiger partial charge in [0.05, 0.1) is 28.8 Å². The zero-order chi connectivity index (χ0) is 41.9. The largest absolute Gasteiger partial charge is 0.508 e. The first-order chi connectivity index (χ1) is 28.2. The van der Waals surface area contributed by atoms with E-state index in [-0.39, 0.29) is 73.7 Å². The zero-order valence-electron chi connectivity index (χ0n) is 31.3. The maximum Gasteiger partial charge on any atom is 0.336 e. The first-order valence-electron chi connectivity index (χ1n) is 18.0. The number of carboxylic acid groups (broad SMARTS) is 3. The van der Waals surface area contributed by atoms with Crippen LogP contribution in [0.4, 0.5) is 5.69 Å². The third-order valence-corrected chi connectivity index (χ3v) is 10.2. The van der Waals surface area contributed by atoms with Crippen LogP contribution in [0.25, 0.3) is 45.6 Å². The van der Waals surface area contributed by atoms with Crippen molar-refractivity contribution in [2.75, 3.05) is 19.0 Å². The van der Waals surface area contributed by atoms with Gasteiger partial charge < -0.3 is 39.8 Å². The van der Waals surface area contributed by atoms with Crippen molar-refractivity contribution in [1.82, 2.24) is 5.32 Å². The Morgan fingerprint density at radius 3 is 2.15 bits per heavy atom. The molecule has 13 nitrogen and oxygen atoms in total. The number of benzene rings is 6. The highest BCUT2D eigenvalue weighted by Gasteiger charge is 2.28. The van der Waals surface area contributed by atoms with Crippen LogP contribution < -0.4 is 30.8 Å². The smallest absolute Gasteiger partial charge is 0.336 e. The molecule has 5 N–H and O–H groups in total. The van der Waals surface area contributed by atoms with Crippen molar-refractivity contribution in [1.29, 1.82) is 0 Å². The Labute approximate surface area is 333 Å². The average molecular weight is 789 g/mol. The van der Waals surface area contributed by atoms with Crippen molar-refractivity contribution in [2.24, 2.45) is 0 Å². The molecule has 1 amide bonds. The van der Waals surface area contributed by atoms with E-state index in [0.717, 1.165) is 11.8 Å². The van der Waals surface area contributed by atoms with E-state index < -0.39 is 29.2 Å². The molecular formula is C46H32N2O11. The minimum atomic E-state index is -1.40. The monoisotopic (exact) mass is 788 g/mol. The van der Waals surface area contributed by atoms with Gasteiger partial charge in [0.15, 0.2) is 5.43 Å². The van der Waals surface area contributed by atoms with E-state index in [1.54, 1.807) is 18.2 Å². The molecule has 0 spiro atoms. The Hall–Kier alpha value is -8.19. The second-order valence-corrected chi connectivity index (χ2v) is 14.1. The van der Waals surface area contributed by atoms with E-state index in [1.807, 2.05) is 37.2 Å². The SMILES string of the molecule is C=c1ccc2c(c1)Oc1cc(N(C)C)ccc1C=2c1cc(C(=O)NCc2c3oc4cc(O)ccc4c(-c4ccc(C(=O)O)cc4C(=O)O)c-3ccc2=O)ccc1C(=O)O. The van der Waals surface area contributed by atoms with Gasteiger partial charge in [0.2, 0.25) is 0 Å². The molecular weight excluding hydrogens is 757 g/mol. The summed E-state index contributed by atoms with van der Waals surface area (Å²) in [6, 6.07) is 25.5. The number of ether oxygens (including phenoxy) is 1. The minimum absolute atomic E-state index is 0.00825. The molecule has 0 saturated heterocycles. The molecule has 13 heteroatoms. The lowest BCUT2D eigenvalue weighted by molar-refractivity contribution is 0.0682. The second kappa shape index (κ2) is 14.4. The predicted octanol–water partition coefficient (Wildman–Crippen LogP) is 6.12. The maximum absolute atomic E-state index is 14.0. The van der Waals surface area contributed by atoms with Gasteiger partial charge in [-0.2, -0.15) is 0 Å². The number of nitrogens with zero attached hydrogens (tertiary/aromatic N) is 1. The van der Waals surface area contributed by atoms with Crippen LogP contribution in [0.15, 0.2) is 112 Å². The van der Waals surface area contributed by atoms with Gasteiger partial charge in [-0.15, -0.1) is 0 Å². The topological polar surface area (TPSA) is 204 Å². The van der Waals surface area contributed by atoms with Gasteiger partial charge in [-0.05, 0) is 89.1 Å². The summed E-state index contributed by atoms with van der Waals surface area (Å²) in [5.74, 6) is -3.87. The van der Waals surface area contributed by atoms with Gasteiger partial charge >= 0.3 is 17.9 Å². The molecule has 0 saturated carbocycles. The predicted molar refractivity (Wildman–Crippen MR) is 218 cm³/mol. The summed E-state index contributed by atoms with van der Waals surface area (Å²) in [4.78, 5) is 66.4. The summed E-state index contributed by atoms with van der Waals surface area (Å²) < 4.78 is 12.5. The fourth-order valence-corrected chi connectivity index (χ4v) is 7.35. The molecule has 2 aliphatic heterocycles. The average Bonchev–Trinajstić information content (AvgIpc) is 3.20. The van der Waals surface area contributed by atoms with Crippen LogP contribution in [-0.4, -0.2) is 58.3 Å². The number of carboxylic acids is 3. The normalized spacial score (nSPS) is 11.7. The quantitative estimate of drug-likeness (QED) is 0.105. The summed E-state index contributed by atoms with van der Waals surface area (Å²) in [6.07, 6.45) is 0. The minimum Gasteiger partial charge on any atom is -0.508 e. The number of nitrogens with one attached hydrogen (secondary N) is 1. The van der Waals surface area contributed by atoms with Crippen molar-refractivity contribution in [3.05, 3.63) is 163 Å². The number of phenols is 1. The van der Waals surface area contributed by atoms with Gasteiger partial charge in [0.1, 0.15) is 28.6 Å². The third kappa shape index (κ3) is 6.65. The van der Waals surface area contributed by atoms with Gasteiger partial charge in [0, 0.05) is 70.3 Å². The van der Waals surface area contributed by atoms with Gasteiger partial charge in [0.25, 0.3) is 5.91 Å². The molecule has 0 unspecified atom stereocenters. The van der Waals surface area contributed by atoms with Crippen molar-refractivity contribution in [2.45, 2.75) is 6.54 Å². The Morgan fingerprint density at radius 2 is 1.42 bits per heavy atom. The van der Waals surface area contributed by atoms with Crippen LogP contribution in [0.5, 0.6) is 17.2 Å². The first-order valence-corrected chi connectivity index (χ1v) is 18.0. The molecule has 0 radical (unpaired) electrons. The van der Waals surface area contributed by atoms with Gasteiger partial charge in [-0.1, -0.05) is 24.8 Å². The van der Waals surface area contributed by atoms with Gasteiger partial charge in [-0.3, -0.25) is 9.59 Å². The summed E-state index contributed by atoms with van der Waals surface area (Å²) in [6.45, 7) is 3.64. The highest BCUT2D eigenvalue weighted by atomic mass is 16.5. The number of hydrogen-bond donors (Lipinski definition) is 5. The number of phenolic OH excluding ortho intramolecular Hbond substituents is 1. The van der Waals surface area contributed by atoms with Crippen LogP contribution in [0, 0.1) is 0 Å². The fraction of sp³-hybridized carbons (Fsp3) is 0.0652. The number of fused-ring (bicyclic) bond motifs is 4. The molecule has 0 aromatic heterocycles. The van der Waals surface area contributed by atoms with Crippen LogP contribution in [0.1, 0.15) is 58.1 Å². The summed E-state index contributed by atoms with van der Waals surface area (Å²) >= 11 is 0. The summed E-state index contributed by atoms with van der Waals surface area (Å²) in [5.41, 5.74) is 1.88. The molecule has 0 fully saturated rings. The molecule has 292 valence electrons. The maximum atomic E-state index is 14.0. The lowest BCUT2D eigenvalue weighted by atomic mass is 9.88. The van der Waals surface area contributed by atoms with Crippen molar-refractivity contribution in [3.8, 4) is 39.7 Å². The lowest BCUT2D eigenvalue weighted by Gasteiger charge is -2.24. The molecule has 1 aliphatic carbocycles. The molecule has 0 atom stereocenters. The number of carbonyl (C=O) groups excluding carboxylic acids is 1. The highest BCUT2D eigenvalue weighted by molar-refractivity contribution is 6.09. The highest BCUT2D eigenvalue weighted by Crippen LogP contribution is 2.44. The Morgan fingerprint density at radius 1 is 0.695 bits per heavy atom. The lowest BCUT2D eigenvalue weighted by Crippen LogP contribution is -2.27. The van der Waals surface area contributed by atoms with Crippen LogP contribution in [-0.2, 0) is 6.54 Å². The van der Waals surface area contributed by atoms with E-state index >= 15 is 0 Å². The van der Waals surface area contributed by atoms with E-state index in [4.69, 9.17) is 9.15 Å². The van der Waals surface area contributed by atoms with E-state index in [1.165, 1.54) is 60.7 Å². The Kier molecular flexibility index (Phi) is 9.20. The molecule has 5 aromatic carbocycles. The molecule has 5 aromatic rings. The van der Waals surface area contributed by atoms with Crippen molar-refractivity contribution in [3.63, 3.8) is 0 Å².